The van der Waals surface area contributed by atoms with Gasteiger partial charge in [0.2, 0.25) is 0 Å². The molecule has 0 amide bonds. The van der Waals surface area contributed by atoms with Gasteiger partial charge < -0.3 is 21.1 Å². The highest BCUT2D eigenvalue weighted by Crippen LogP contribution is 2.39. The number of hydrogen-bond donors (Lipinski definition) is 3. The van der Waals surface area contributed by atoms with E-state index in [4.69, 9.17) is 21.1 Å². The lowest BCUT2D eigenvalue weighted by Crippen LogP contribution is -2.12. The van der Waals surface area contributed by atoms with Gasteiger partial charge in [-0.05, 0) is 26.3 Å². The molecule has 1 aromatic heterocycles. The van der Waals surface area contributed by atoms with Gasteiger partial charge >= 0.3 is 5.97 Å². The first-order valence-corrected chi connectivity index (χ1v) is 5.80. The summed E-state index contributed by atoms with van der Waals surface area (Å²) in [5.74, 6) is -2.03. The fourth-order valence-electron chi connectivity index (χ4n) is 2.23. The van der Waals surface area contributed by atoms with Crippen molar-refractivity contribution in [2.75, 3.05) is 11.5 Å². The highest BCUT2D eigenvalue weighted by Gasteiger charge is 2.27. The van der Waals surface area contributed by atoms with Gasteiger partial charge in [-0.15, -0.1) is 0 Å². The van der Waals surface area contributed by atoms with Crippen molar-refractivity contribution >= 4 is 17.3 Å². The predicted molar refractivity (Wildman–Crippen MR) is 71.9 cm³/mol. The molecule has 6 nitrogen and oxygen atoms in total. The van der Waals surface area contributed by atoms with E-state index in [0.29, 0.717) is 22.6 Å². The normalized spacial score (nSPS) is 10.8. The van der Waals surface area contributed by atoms with Crippen LogP contribution in [0.25, 0.3) is 11.1 Å². The zero-order valence-electron chi connectivity index (χ0n) is 11.2. The maximum atomic E-state index is 14.6. The predicted octanol–water partition coefficient (Wildman–Crippen LogP) is 2.27. The molecule has 2 rings (SSSR count). The molecule has 0 aliphatic carbocycles. The molecular formula is C13H14FN3O3. The van der Waals surface area contributed by atoms with Crippen LogP contribution < -0.4 is 11.5 Å². The summed E-state index contributed by atoms with van der Waals surface area (Å²) in [5.41, 5.74) is 11.8. The second-order valence-corrected chi connectivity index (χ2v) is 4.52. The van der Waals surface area contributed by atoms with Crippen LogP contribution in [0.2, 0.25) is 0 Å². The minimum Gasteiger partial charge on any atom is -0.478 e. The van der Waals surface area contributed by atoms with Crippen molar-refractivity contribution in [1.29, 1.82) is 0 Å². The zero-order valence-corrected chi connectivity index (χ0v) is 11.2. The van der Waals surface area contributed by atoms with Gasteiger partial charge in [-0.25, -0.2) is 9.18 Å². The Hall–Kier alpha value is -2.57. The third-order valence-electron chi connectivity index (χ3n) is 3.27. The number of aromatic carboxylic acids is 1. The topological polar surface area (TPSA) is 115 Å². The Morgan fingerprint density at radius 2 is 1.80 bits per heavy atom. The van der Waals surface area contributed by atoms with E-state index in [1.807, 2.05) is 0 Å². The van der Waals surface area contributed by atoms with Crippen molar-refractivity contribution < 1.29 is 18.8 Å². The summed E-state index contributed by atoms with van der Waals surface area (Å²) >= 11 is 0. The van der Waals surface area contributed by atoms with Gasteiger partial charge in [0.1, 0.15) is 17.1 Å². The zero-order chi connectivity index (χ0) is 15.2. The number of aryl methyl sites for hydroxylation is 2. The van der Waals surface area contributed by atoms with Gasteiger partial charge in [0.05, 0.1) is 22.6 Å². The van der Waals surface area contributed by atoms with E-state index in [0.717, 1.165) is 0 Å². The standard InChI is InChI=1S/C13H14FN3O3/c1-4-7(8-5(2)17-20-6(8)3)10(14)9(13(18)19)12(16)11(4)15/h15-16H2,1-3H3,(H,18,19). The van der Waals surface area contributed by atoms with E-state index in [-0.39, 0.29) is 16.9 Å². The van der Waals surface area contributed by atoms with Crippen molar-refractivity contribution in [1.82, 2.24) is 5.16 Å². The van der Waals surface area contributed by atoms with Gasteiger partial charge in [0, 0.05) is 5.56 Å². The van der Waals surface area contributed by atoms with Gasteiger partial charge in [-0.2, -0.15) is 0 Å². The molecule has 7 heteroatoms. The highest BCUT2D eigenvalue weighted by molar-refractivity contribution is 6.01. The first-order chi connectivity index (χ1) is 9.27. The Morgan fingerprint density at radius 1 is 1.20 bits per heavy atom. The van der Waals surface area contributed by atoms with E-state index in [2.05, 4.69) is 5.16 Å². The van der Waals surface area contributed by atoms with Crippen molar-refractivity contribution in [2.45, 2.75) is 20.8 Å². The first-order valence-electron chi connectivity index (χ1n) is 5.80. The van der Waals surface area contributed by atoms with Gasteiger partial charge in [0.15, 0.2) is 0 Å². The Kier molecular flexibility index (Phi) is 3.13. The SMILES string of the molecule is Cc1noc(C)c1-c1c(C)c(N)c(N)c(C(=O)O)c1F. The van der Waals surface area contributed by atoms with Crippen LogP contribution in [0.3, 0.4) is 0 Å². The number of carboxylic acid groups (broad SMARTS) is 1. The molecule has 0 saturated heterocycles. The van der Waals surface area contributed by atoms with Crippen LogP contribution in [-0.2, 0) is 0 Å². The molecule has 0 fully saturated rings. The Morgan fingerprint density at radius 3 is 2.25 bits per heavy atom. The first kappa shape index (κ1) is 13.9. The molecule has 106 valence electrons. The third-order valence-corrected chi connectivity index (χ3v) is 3.27. The summed E-state index contributed by atoms with van der Waals surface area (Å²) in [4.78, 5) is 11.2. The van der Waals surface area contributed by atoms with Gasteiger partial charge in [0.25, 0.3) is 0 Å². The maximum Gasteiger partial charge on any atom is 0.340 e. The molecule has 20 heavy (non-hydrogen) atoms. The van der Waals surface area contributed by atoms with Gasteiger partial charge in [-0.3, -0.25) is 0 Å². The number of rotatable bonds is 2. The molecule has 5 N–H and O–H groups in total. The number of nitrogen functional groups attached to an aromatic ring is 2. The lowest BCUT2D eigenvalue weighted by atomic mass is 9.93. The van der Waals surface area contributed by atoms with Crippen molar-refractivity contribution in [2.24, 2.45) is 0 Å². The monoisotopic (exact) mass is 279 g/mol. The number of nitrogens with two attached hydrogens (primary N) is 2. The smallest absolute Gasteiger partial charge is 0.340 e. The number of benzene rings is 1. The molecule has 0 saturated carbocycles. The average molecular weight is 279 g/mol. The second-order valence-electron chi connectivity index (χ2n) is 4.52. The van der Waals surface area contributed by atoms with Crippen LogP contribution in [0.1, 0.15) is 27.4 Å². The van der Waals surface area contributed by atoms with Crippen molar-refractivity contribution in [3.05, 3.63) is 28.4 Å². The van der Waals surface area contributed by atoms with Crippen LogP contribution in [0.5, 0.6) is 0 Å². The number of hydrogen-bond acceptors (Lipinski definition) is 5. The van der Waals surface area contributed by atoms with Crippen molar-refractivity contribution in [3.8, 4) is 11.1 Å². The van der Waals surface area contributed by atoms with E-state index >= 15 is 0 Å². The van der Waals surface area contributed by atoms with Gasteiger partial charge in [-0.1, -0.05) is 5.16 Å². The third kappa shape index (κ3) is 1.78. The molecule has 0 aliphatic rings. The van der Waals surface area contributed by atoms with Crippen LogP contribution in [0, 0.1) is 26.6 Å². The van der Waals surface area contributed by atoms with Crippen LogP contribution in [0.15, 0.2) is 4.52 Å². The lowest BCUT2D eigenvalue weighted by Gasteiger charge is -2.15. The largest absolute Gasteiger partial charge is 0.478 e. The van der Waals surface area contributed by atoms with E-state index < -0.39 is 17.3 Å². The minimum atomic E-state index is -1.47. The second kappa shape index (κ2) is 4.52. The Bertz CT molecular complexity index is 703. The molecule has 0 aliphatic heterocycles. The highest BCUT2D eigenvalue weighted by atomic mass is 19.1. The summed E-state index contributed by atoms with van der Waals surface area (Å²) in [6, 6.07) is 0. The summed E-state index contributed by atoms with van der Waals surface area (Å²) in [6.45, 7) is 4.82. The Balaban J connectivity index is 2.95. The van der Waals surface area contributed by atoms with E-state index in [9.17, 15) is 9.18 Å². The number of aromatic nitrogens is 1. The molecule has 1 aromatic carbocycles. The molecule has 1 heterocycles. The Labute approximate surface area is 114 Å². The summed E-state index contributed by atoms with van der Waals surface area (Å²) in [6.07, 6.45) is 0. The summed E-state index contributed by atoms with van der Waals surface area (Å²) < 4.78 is 19.6. The number of carboxylic acids is 1. The molecule has 0 bridgehead atoms. The van der Waals surface area contributed by atoms with Crippen LogP contribution in [-0.4, -0.2) is 16.2 Å². The molecular weight excluding hydrogens is 265 g/mol. The summed E-state index contributed by atoms with van der Waals surface area (Å²) in [7, 11) is 0. The lowest BCUT2D eigenvalue weighted by molar-refractivity contribution is 0.0693. The quantitative estimate of drug-likeness (QED) is 0.726. The molecule has 0 unspecified atom stereocenters. The maximum absolute atomic E-state index is 14.6. The van der Waals surface area contributed by atoms with E-state index in [1.165, 1.54) is 0 Å². The number of nitrogens with zero attached hydrogens (tertiary/aromatic N) is 1. The number of anilines is 2. The summed E-state index contributed by atoms with van der Waals surface area (Å²) in [5, 5.41) is 12.8. The van der Waals surface area contributed by atoms with E-state index in [1.54, 1.807) is 20.8 Å². The number of halogens is 1. The van der Waals surface area contributed by atoms with Crippen LogP contribution >= 0.6 is 0 Å². The molecule has 0 radical (unpaired) electrons. The number of carbonyl (C=O) groups is 1. The molecule has 2 aromatic rings. The fourth-order valence-corrected chi connectivity index (χ4v) is 2.23. The average Bonchev–Trinajstić information content (AvgIpc) is 2.68. The minimum absolute atomic E-state index is 0.0406. The molecule has 0 spiro atoms. The molecule has 0 atom stereocenters. The fraction of sp³-hybridized carbons (Fsp3) is 0.231. The van der Waals surface area contributed by atoms with Crippen molar-refractivity contribution in [3.63, 3.8) is 0 Å². The van der Waals surface area contributed by atoms with Crippen LogP contribution in [0.4, 0.5) is 15.8 Å².